The molecule has 0 bridgehead atoms. The predicted molar refractivity (Wildman–Crippen MR) is 69.6 cm³/mol. The molecule has 0 radical (unpaired) electrons. The summed E-state index contributed by atoms with van der Waals surface area (Å²) in [6.45, 7) is 2.34. The lowest BCUT2D eigenvalue weighted by molar-refractivity contribution is 0.00490. The summed E-state index contributed by atoms with van der Waals surface area (Å²) < 4.78 is 26.4. The Morgan fingerprint density at radius 3 is 2.68 bits per heavy atom. The lowest BCUT2D eigenvalue weighted by Gasteiger charge is -2.35. The predicted octanol–water partition coefficient (Wildman–Crippen LogP) is 2.30. The second-order valence-corrected chi connectivity index (χ2v) is 5.45. The number of halogens is 2. The van der Waals surface area contributed by atoms with Gasteiger partial charge in [-0.15, -0.1) is 0 Å². The molecule has 0 spiro atoms. The van der Waals surface area contributed by atoms with Gasteiger partial charge in [-0.25, -0.2) is 13.8 Å². The first-order chi connectivity index (χ1) is 8.89. The van der Waals surface area contributed by atoms with Crippen molar-refractivity contribution >= 4 is 11.6 Å². The fraction of sp³-hybridized carbons (Fsp3) is 0.615. The number of hydrogen-bond donors (Lipinski definition) is 3. The number of aromatic nitrogens is 1. The molecule has 0 atom stereocenters. The smallest absolute Gasteiger partial charge is 0.168 e. The molecule has 106 valence electrons. The van der Waals surface area contributed by atoms with Gasteiger partial charge in [0.05, 0.1) is 5.60 Å². The van der Waals surface area contributed by atoms with Crippen molar-refractivity contribution in [2.75, 3.05) is 17.6 Å². The van der Waals surface area contributed by atoms with Crippen molar-refractivity contribution < 1.29 is 13.9 Å². The molecule has 1 heterocycles. The highest BCUT2D eigenvalue weighted by atomic mass is 19.1. The summed E-state index contributed by atoms with van der Waals surface area (Å²) in [7, 11) is 0. The van der Waals surface area contributed by atoms with Crippen LogP contribution in [0.2, 0.25) is 0 Å². The maximum Gasteiger partial charge on any atom is 0.168 e. The molecule has 1 fully saturated rings. The minimum absolute atomic E-state index is 0.119. The highest BCUT2D eigenvalue weighted by Crippen LogP contribution is 2.32. The Labute approximate surface area is 111 Å². The first-order valence-corrected chi connectivity index (χ1v) is 6.47. The quantitative estimate of drug-likeness (QED) is 0.789. The van der Waals surface area contributed by atoms with Crippen molar-refractivity contribution in [3.05, 3.63) is 17.7 Å². The lowest BCUT2D eigenvalue weighted by Crippen LogP contribution is -2.40. The van der Waals surface area contributed by atoms with Crippen LogP contribution in [0.1, 0.15) is 32.6 Å². The van der Waals surface area contributed by atoms with E-state index in [-0.39, 0.29) is 18.2 Å². The molecule has 0 aromatic carbocycles. The highest BCUT2D eigenvalue weighted by molar-refractivity contribution is 5.45. The van der Waals surface area contributed by atoms with Crippen LogP contribution >= 0.6 is 0 Å². The van der Waals surface area contributed by atoms with E-state index in [9.17, 15) is 13.9 Å². The van der Waals surface area contributed by atoms with Gasteiger partial charge in [0.1, 0.15) is 0 Å². The average molecular weight is 271 g/mol. The zero-order valence-corrected chi connectivity index (χ0v) is 10.9. The number of nitrogens with zero attached hydrogens (tertiary/aromatic N) is 1. The molecule has 1 aromatic rings. The third-order valence-electron chi connectivity index (χ3n) is 3.75. The molecular formula is C13H19F2N3O. The fourth-order valence-corrected chi connectivity index (χ4v) is 2.33. The molecule has 0 aliphatic heterocycles. The molecule has 4 nitrogen and oxygen atoms in total. The lowest BCUT2D eigenvalue weighted by atomic mass is 9.79. The van der Waals surface area contributed by atoms with Gasteiger partial charge >= 0.3 is 0 Å². The third kappa shape index (κ3) is 3.32. The number of anilines is 2. The summed E-state index contributed by atoms with van der Waals surface area (Å²) in [6.07, 6.45) is 3.22. The molecule has 0 unspecified atom stereocenters. The Bertz CT molecular complexity index is 459. The topological polar surface area (TPSA) is 71.2 Å². The van der Waals surface area contributed by atoms with E-state index < -0.39 is 17.2 Å². The number of aliphatic hydroxyl groups is 1. The van der Waals surface area contributed by atoms with Crippen molar-refractivity contribution in [2.24, 2.45) is 5.92 Å². The summed E-state index contributed by atoms with van der Waals surface area (Å²) >= 11 is 0. The Morgan fingerprint density at radius 1 is 1.42 bits per heavy atom. The van der Waals surface area contributed by atoms with Crippen molar-refractivity contribution in [3.8, 4) is 0 Å². The second-order valence-electron chi connectivity index (χ2n) is 5.45. The number of nitrogen functional groups attached to an aromatic ring is 1. The van der Waals surface area contributed by atoms with Crippen molar-refractivity contribution in [3.63, 3.8) is 0 Å². The molecule has 1 saturated carbocycles. The van der Waals surface area contributed by atoms with E-state index in [2.05, 4.69) is 17.2 Å². The van der Waals surface area contributed by atoms with Crippen LogP contribution in [-0.4, -0.2) is 22.2 Å². The maximum atomic E-state index is 13.5. The van der Waals surface area contributed by atoms with Gasteiger partial charge in [-0.05, 0) is 31.6 Å². The molecule has 2 rings (SSSR count). The van der Waals surface area contributed by atoms with Gasteiger partial charge < -0.3 is 16.2 Å². The van der Waals surface area contributed by atoms with Crippen LogP contribution in [0.15, 0.2) is 6.07 Å². The number of pyridine rings is 1. The van der Waals surface area contributed by atoms with E-state index in [1.165, 1.54) is 0 Å². The van der Waals surface area contributed by atoms with Crippen molar-refractivity contribution in [1.82, 2.24) is 4.98 Å². The summed E-state index contributed by atoms with van der Waals surface area (Å²) in [5.41, 5.74) is 4.44. The van der Waals surface area contributed by atoms with E-state index in [4.69, 9.17) is 5.73 Å². The number of nitrogens with one attached hydrogen (secondary N) is 1. The van der Waals surface area contributed by atoms with Gasteiger partial charge in [0.15, 0.2) is 23.3 Å². The van der Waals surface area contributed by atoms with Crippen LogP contribution in [0.3, 0.4) is 0 Å². The van der Waals surface area contributed by atoms with E-state index in [0.717, 1.165) is 12.8 Å². The molecular weight excluding hydrogens is 252 g/mol. The monoisotopic (exact) mass is 271 g/mol. The minimum Gasteiger partial charge on any atom is -0.388 e. The Morgan fingerprint density at radius 2 is 2.05 bits per heavy atom. The van der Waals surface area contributed by atoms with Gasteiger partial charge in [0, 0.05) is 12.6 Å². The second kappa shape index (κ2) is 5.28. The third-order valence-corrected chi connectivity index (χ3v) is 3.75. The van der Waals surface area contributed by atoms with Crippen LogP contribution in [0.4, 0.5) is 20.4 Å². The Kier molecular flexibility index (Phi) is 3.89. The van der Waals surface area contributed by atoms with Crippen LogP contribution in [0, 0.1) is 17.6 Å². The van der Waals surface area contributed by atoms with Crippen LogP contribution < -0.4 is 11.1 Å². The molecule has 19 heavy (non-hydrogen) atoms. The van der Waals surface area contributed by atoms with Crippen molar-refractivity contribution in [1.29, 1.82) is 0 Å². The summed E-state index contributed by atoms with van der Waals surface area (Å²) in [6, 6.07) is 0.692. The first kappa shape index (κ1) is 14.0. The maximum absolute atomic E-state index is 13.5. The zero-order valence-electron chi connectivity index (χ0n) is 10.9. The minimum atomic E-state index is -0.881. The van der Waals surface area contributed by atoms with E-state index in [1.54, 1.807) is 0 Å². The Balaban J connectivity index is 2.01. The van der Waals surface area contributed by atoms with Gasteiger partial charge in [0.2, 0.25) is 0 Å². The van der Waals surface area contributed by atoms with Gasteiger partial charge in [0.25, 0.3) is 0 Å². The first-order valence-electron chi connectivity index (χ1n) is 6.47. The van der Waals surface area contributed by atoms with Crippen LogP contribution in [0.25, 0.3) is 0 Å². The molecule has 4 N–H and O–H groups in total. The average Bonchev–Trinajstić information content (AvgIpc) is 2.36. The molecule has 0 amide bonds. The molecule has 1 aromatic heterocycles. The largest absolute Gasteiger partial charge is 0.388 e. The zero-order chi connectivity index (χ0) is 14.0. The number of rotatable bonds is 3. The molecule has 1 aliphatic rings. The number of hydrogen-bond acceptors (Lipinski definition) is 4. The standard InChI is InChI=1S/C13H19F2N3O/c1-8-2-4-13(19,5-3-8)7-17-12-10(15)6-9(14)11(16)18-12/h6,8,19H,2-5,7H2,1H3,(H3,16,17,18). The van der Waals surface area contributed by atoms with E-state index >= 15 is 0 Å². The van der Waals surface area contributed by atoms with E-state index in [0.29, 0.717) is 24.8 Å². The summed E-state index contributed by atoms with van der Waals surface area (Å²) in [5, 5.41) is 13.1. The SMILES string of the molecule is CC1CCC(O)(CNc2nc(N)c(F)cc2F)CC1. The fourth-order valence-electron chi connectivity index (χ4n) is 2.33. The van der Waals surface area contributed by atoms with Gasteiger partial charge in [-0.2, -0.15) is 0 Å². The highest BCUT2D eigenvalue weighted by Gasteiger charge is 2.31. The van der Waals surface area contributed by atoms with Gasteiger partial charge in [-0.1, -0.05) is 6.92 Å². The normalized spacial score (nSPS) is 27.3. The molecule has 1 aliphatic carbocycles. The Hall–Kier alpha value is -1.43. The summed E-state index contributed by atoms with van der Waals surface area (Å²) in [4.78, 5) is 3.61. The van der Waals surface area contributed by atoms with E-state index in [1.807, 2.05) is 0 Å². The summed E-state index contributed by atoms with van der Waals surface area (Å²) in [5.74, 6) is -1.55. The molecule has 0 saturated heterocycles. The van der Waals surface area contributed by atoms with Gasteiger partial charge in [-0.3, -0.25) is 0 Å². The van der Waals surface area contributed by atoms with Crippen LogP contribution in [0.5, 0.6) is 0 Å². The molecule has 6 heteroatoms. The van der Waals surface area contributed by atoms with Crippen molar-refractivity contribution in [2.45, 2.75) is 38.2 Å². The van der Waals surface area contributed by atoms with Crippen LogP contribution in [-0.2, 0) is 0 Å². The number of nitrogens with two attached hydrogens (primary N) is 1.